The molecule has 1 saturated carbocycles. The summed E-state index contributed by atoms with van der Waals surface area (Å²) in [6.07, 6.45) is 4.10. The largest absolute Gasteiger partial charge is 0.351 e. The maximum atomic E-state index is 12.2. The SMILES string of the molecule is CCSC1CCCC1NC(=O)C(N)Cc1ccccc1. The highest BCUT2D eigenvalue weighted by Gasteiger charge is 2.29. The highest BCUT2D eigenvalue weighted by atomic mass is 32.2. The third kappa shape index (κ3) is 4.25. The van der Waals surface area contributed by atoms with Crippen molar-refractivity contribution in [1.29, 1.82) is 0 Å². The van der Waals surface area contributed by atoms with E-state index < -0.39 is 6.04 Å². The van der Waals surface area contributed by atoms with Crippen molar-refractivity contribution in [2.75, 3.05) is 5.75 Å². The zero-order valence-electron chi connectivity index (χ0n) is 12.0. The van der Waals surface area contributed by atoms with E-state index in [1.54, 1.807) is 0 Å². The van der Waals surface area contributed by atoms with Gasteiger partial charge in [-0.25, -0.2) is 0 Å². The van der Waals surface area contributed by atoms with Gasteiger partial charge >= 0.3 is 0 Å². The fourth-order valence-corrected chi connectivity index (χ4v) is 3.95. The molecule has 0 aromatic heterocycles. The molecule has 3 N–H and O–H groups in total. The molecule has 1 fully saturated rings. The molecule has 110 valence electrons. The first-order valence-electron chi connectivity index (χ1n) is 7.42. The van der Waals surface area contributed by atoms with Crippen LogP contribution in [0.15, 0.2) is 30.3 Å². The summed E-state index contributed by atoms with van der Waals surface area (Å²) in [6, 6.07) is 9.80. The summed E-state index contributed by atoms with van der Waals surface area (Å²) in [4.78, 5) is 12.2. The van der Waals surface area contributed by atoms with Gasteiger partial charge < -0.3 is 11.1 Å². The summed E-state index contributed by atoms with van der Waals surface area (Å²) in [7, 11) is 0. The topological polar surface area (TPSA) is 55.1 Å². The van der Waals surface area contributed by atoms with Gasteiger partial charge in [0.15, 0.2) is 0 Å². The van der Waals surface area contributed by atoms with Crippen molar-refractivity contribution in [3.63, 3.8) is 0 Å². The lowest BCUT2D eigenvalue weighted by atomic mass is 10.1. The van der Waals surface area contributed by atoms with E-state index in [1.807, 2.05) is 42.1 Å². The number of benzene rings is 1. The van der Waals surface area contributed by atoms with E-state index in [2.05, 4.69) is 12.2 Å². The molecule has 1 aromatic rings. The average molecular weight is 292 g/mol. The Labute approximate surface area is 125 Å². The molecule has 4 heteroatoms. The number of hydrogen-bond donors (Lipinski definition) is 2. The van der Waals surface area contributed by atoms with E-state index >= 15 is 0 Å². The first-order valence-corrected chi connectivity index (χ1v) is 8.47. The Morgan fingerprint density at radius 1 is 1.40 bits per heavy atom. The molecule has 3 unspecified atom stereocenters. The summed E-state index contributed by atoms with van der Waals surface area (Å²) < 4.78 is 0. The molecule has 20 heavy (non-hydrogen) atoms. The molecule has 0 bridgehead atoms. The molecule has 1 aromatic carbocycles. The van der Waals surface area contributed by atoms with Crippen LogP contribution in [-0.4, -0.2) is 29.0 Å². The lowest BCUT2D eigenvalue weighted by Gasteiger charge is -2.22. The second-order valence-corrected chi connectivity index (χ2v) is 6.85. The lowest BCUT2D eigenvalue weighted by molar-refractivity contribution is -0.123. The number of carbonyl (C=O) groups is 1. The van der Waals surface area contributed by atoms with Gasteiger partial charge in [0.05, 0.1) is 6.04 Å². The van der Waals surface area contributed by atoms with Crippen LogP contribution in [-0.2, 0) is 11.2 Å². The first-order chi connectivity index (χ1) is 9.70. The summed E-state index contributed by atoms with van der Waals surface area (Å²) in [5.41, 5.74) is 7.14. The third-order valence-electron chi connectivity index (χ3n) is 3.80. The van der Waals surface area contributed by atoms with Crippen molar-refractivity contribution in [2.24, 2.45) is 5.73 Å². The van der Waals surface area contributed by atoms with Gasteiger partial charge in [0.1, 0.15) is 0 Å². The lowest BCUT2D eigenvalue weighted by Crippen LogP contribution is -2.48. The number of hydrogen-bond acceptors (Lipinski definition) is 3. The van der Waals surface area contributed by atoms with Crippen LogP contribution in [0.4, 0.5) is 0 Å². The van der Waals surface area contributed by atoms with Crippen LogP contribution in [0.25, 0.3) is 0 Å². The predicted molar refractivity (Wildman–Crippen MR) is 85.8 cm³/mol. The van der Waals surface area contributed by atoms with E-state index in [4.69, 9.17) is 5.73 Å². The van der Waals surface area contributed by atoms with E-state index in [9.17, 15) is 4.79 Å². The Morgan fingerprint density at radius 2 is 2.15 bits per heavy atom. The van der Waals surface area contributed by atoms with Gasteiger partial charge in [-0.2, -0.15) is 11.8 Å². The van der Waals surface area contributed by atoms with Crippen molar-refractivity contribution in [2.45, 2.75) is 49.9 Å². The molecular formula is C16H24N2OS. The smallest absolute Gasteiger partial charge is 0.237 e. The van der Waals surface area contributed by atoms with Gasteiger partial charge in [0.2, 0.25) is 5.91 Å². The molecule has 0 heterocycles. The van der Waals surface area contributed by atoms with Gasteiger partial charge in [-0.3, -0.25) is 4.79 Å². The molecule has 0 spiro atoms. The summed E-state index contributed by atoms with van der Waals surface area (Å²) in [5.74, 6) is 1.09. The standard InChI is InChI=1S/C16H24N2OS/c1-2-20-15-10-6-9-14(15)18-16(19)13(17)11-12-7-4-3-5-8-12/h3-5,7-8,13-15H,2,6,9-11,17H2,1H3,(H,18,19). The molecule has 2 rings (SSSR count). The number of carbonyl (C=O) groups excluding carboxylic acids is 1. The summed E-state index contributed by atoms with van der Waals surface area (Å²) in [5, 5.41) is 3.71. The zero-order chi connectivity index (χ0) is 14.4. The number of rotatable bonds is 6. The van der Waals surface area contributed by atoms with Crippen molar-refractivity contribution in [3.8, 4) is 0 Å². The van der Waals surface area contributed by atoms with Gasteiger partial charge in [-0.1, -0.05) is 43.7 Å². The van der Waals surface area contributed by atoms with Crippen LogP contribution in [0.5, 0.6) is 0 Å². The molecule has 3 atom stereocenters. The fraction of sp³-hybridized carbons (Fsp3) is 0.562. The maximum Gasteiger partial charge on any atom is 0.237 e. The summed E-state index contributed by atoms with van der Waals surface area (Å²) >= 11 is 1.95. The number of nitrogens with two attached hydrogens (primary N) is 1. The Hall–Kier alpha value is -1.00. The highest BCUT2D eigenvalue weighted by Crippen LogP contribution is 2.29. The Balaban J connectivity index is 1.84. The van der Waals surface area contributed by atoms with Crippen molar-refractivity contribution in [1.82, 2.24) is 5.32 Å². The second-order valence-electron chi connectivity index (χ2n) is 5.34. The van der Waals surface area contributed by atoms with Crippen molar-refractivity contribution < 1.29 is 4.79 Å². The molecule has 1 aliphatic carbocycles. The minimum Gasteiger partial charge on any atom is -0.351 e. The van der Waals surface area contributed by atoms with E-state index in [-0.39, 0.29) is 5.91 Å². The van der Waals surface area contributed by atoms with Crippen LogP contribution in [0.1, 0.15) is 31.7 Å². The molecule has 1 aliphatic rings. The fourth-order valence-electron chi connectivity index (χ4n) is 2.76. The van der Waals surface area contributed by atoms with Crippen LogP contribution >= 0.6 is 11.8 Å². The first kappa shape index (κ1) is 15.4. The molecule has 0 aliphatic heterocycles. The second kappa shape index (κ2) is 7.70. The highest BCUT2D eigenvalue weighted by molar-refractivity contribution is 7.99. The quantitative estimate of drug-likeness (QED) is 0.846. The van der Waals surface area contributed by atoms with Gasteiger partial charge in [-0.15, -0.1) is 0 Å². The molecule has 3 nitrogen and oxygen atoms in total. The Morgan fingerprint density at radius 3 is 2.85 bits per heavy atom. The molecule has 1 amide bonds. The predicted octanol–water partition coefficient (Wildman–Crippen LogP) is 2.35. The minimum atomic E-state index is -0.453. The van der Waals surface area contributed by atoms with Gasteiger partial charge in [0.25, 0.3) is 0 Å². The van der Waals surface area contributed by atoms with Crippen LogP contribution in [0.3, 0.4) is 0 Å². The van der Waals surface area contributed by atoms with Crippen LogP contribution in [0, 0.1) is 0 Å². The van der Waals surface area contributed by atoms with Crippen molar-refractivity contribution >= 4 is 17.7 Å². The molecule has 0 radical (unpaired) electrons. The van der Waals surface area contributed by atoms with E-state index in [1.165, 1.54) is 12.8 Å². The van der Waals surface area contributed by atoms with Crippen LogP contribution < -0.4 is 11.1 Å². The Bertz CT molecular complexity index is 424. The summed E-state index contributed by atoms with van der Waals surface area (Å²) in [6.45, 7) is 2.17. The van der Waals surface area contributed by atoms with Gasteiger partial charge in [-0.05, 0) is 30.6 Å². The molecule has 0 saturated heterocycles. The third-order valence-corrected chi connectivity index (χ3v) is 5.12. The maximum absolute atomic E-state index is 12.2. The average Bonchev–Trinajstić information content (AvgIpc) is 2.87. The molecular weight excluding hydrogens is 268 g/mol. The van der Waals surface area contributed by atoms with Crippen molar-refractivity contribution in [3.05, 3.63) is 35.9 Å². The number of amides is 1. The number of nitrogens with one attached hydrogen (secondary N) is 1. The van der Waals surface area contributed by atoms with E-state index in [0.29, 0.717) is 17.7 Å². The Kier molecular flexibility index (Phi) is 5.92. The zero-order valence-corrected chi connectivity index (χ0v) is 12.9. The van der Waals surface area contributed by atoms with E-state index in [0.717, 1.165) is 17.7 Å². The normalized spacial score (nSPS) is 23.5. The van der Waals surface area contributed by atoms with Crippen LogP contribution in [0.2, 0.25) is 0 Å². The van der Waals surface area contributed by atoms with Gasteiger partial charge in [0, 0.05) is 11.3 Å². The monoisotopic (exact) mass is 292 g/mol. The number of thioether (sulfide) groups is 1. The minimum absolute atomic E-state index is 0.0116.